The minimum atomic E-state index is -1.36. The molecule has 0 radical (unpaired) electrons. The average molecular weight is 999 g/mol. The van der Waals surface area contributed by atoms with Gasteiger partial charge >= 0.3 is 0 Å². The lowest BCUT2D eigenvalue weighted by Crippen LogP contribution is -2.67. The maximum absolute atomic E-state index is 12.1. The van der Waals surface area contributed by atoms with Crippen LogP contribution in [0, 0.1) is 26.1 Å². The fourth-order valence-electron chi connectivity index (χ4n) is 8.66. The topological polar surface area (TPSA) is 305 Å². The van der Waals surface area contributed by atoms with Gasteiger partial charge in [0.05, 0.1) is 111 Å². The first kappa shape index (κ1) is 55.2. The van der Waals surface area contributed by atoms with Gasteiger partial charge in [0.1, 0.15) is 18.3 Å². The third-order valence-electron chi connectivity index (χ3n) is 12.7. The summed E-state index contributed by atoms with van der Waals surface area (Å²) in [7, 11) is 4.25. The summed E-state index contributed by atoms with van der Waals surface area (Å²) in [6.45, 7) is 2.81. The smallest absolute Gasteiger partial charge is 0.278 e. The maximum Gasteiger partial charge on any atom is 0.278 e. The molecule has 4 fully saturated rings. The number of aliphatic hydroxyl groups is 3. The Hall–Kier alpha value is -4.12. The lowest BCUT2D eigenvalue weighted by Gasteiger charge is -2.48. The molecule has 0 saturated carbocycles. The Morgan fingerprint density at radius 3 is 1.80 bits per heavy atom. The molecule has 0 aliphatic carbocycles. The van der Waals surface area contributed by atoms with E-state index in [1.54, 1.807) is 6.92 Å². The Balaban J connectivity index is 1.03. The molecule has 4 saturated heterocycles. The van der Waals surface area contributed by atoms with Gasteiger partial charge in [-0.1, -0.05) is 6.92 Å². The van der Waals surface area contributed by atoms with Crippen molar-refractivity contribution in [2.75, 3.05) is 74.1 Å². The summed E-state index contributed by atoms with van der Waals surface area (Å²) in [6, 6.07) is 3.70. The van der Waals surface area contributed by atoms with E-state index in [9.17, 15) is 35.5 Å². The van der Waals surface area contributed by atoms with E-state index in [0.29, 0.717) is 50.0 Å². The van der Waals surface area contributed by atoms with Crippen molar-refractivity contribution in [2.45, 2.75) is 139 Å². The van der Waals surface area contributed by atoms with Crippen LogP contribution >= 0.6 is 0 Å². The molecule has 4 aliphatic rings. The van der Waals surface area contributed by atoms with Gasteiger partial charge in [0.2, 0.25) is 0 Å². The Labute approximate surface area is 406 Å². The highest BCUT2D eigenvalue weighted by Gasteiger charge is 2.50. The van der Waals surface area contributed by atoms with Crippen molar-refractivity contribution < 1.29 is 86.7 Å². The van der Waals surface area contributed by atoms with Gasteiger partial charge in [-0.25, -0.2) is 0 Å². The normalized spacial score (nSPS) is 29.3. The largest absolute Gasteiger partial charge is 0.493 e. The Morgan fingerprint density at radius 1 is 0.743 bits per heavy atom. The van der Waals surface area contributed by atoms with Crippen molar-refractivity contribution in [1.82, 2.24) is 5.32 Å². The van der Waals surface area contributed by atoms with Gasteiger partial charge in [0.15, 0.2) is 48.2 Å². The van der Waals surface area contributed by atoms with Crippen LogP contribution in [-0.2, 0) is 55.8 Å². The summed E-state index contributed by atoms with van der Waals surface area (Å²) >= 11 is 0. The number of nitro groups is 2. The number of nitrogens with zero attached hydrogens (tertiary/aromatic N) is 2. The number of aliphatic hydroxyl groups excluding tert-OH is 3. The molecule has 6 N–H and O–H groups in total. The fourth-order valence-corrected chi connectivity index (χ4v) is 8.66. The van der Waals surface area contributed by atoms with Crippen LogP contribution in [0.25, 0.3) is 0 Å². The summed E-state index contributed by atoms with van der Waals surface area (Å²) < 4.78 is 75.8. The monoisotopic (exact) mass is 998 g/mol. The van der Waals surface area contributed by atoms with Gasteiger partial charge < -0.3 is 87.9 Å². The van der Waals surface area contributed by atoms with E-state index in [2.05, 4.69) is 5.32 Å². The SMILES string of the molecule is COc1cc(COC2CCCCO2)c([N+](=O)[O-])cc1OCCCNC1C(OC2C(COCCCOc3cc([N+](=O)[O-])c(COC4CCCCO4)cc3OC)OC(OC)C(N)C2O)OC(CO)C(C)C1O. The quantitative estimate of drug-likeness (QED) is 0.0488. The average Bonchev–Trinajstić information content (AvgIpc) is 3.37. The molecule has 4 heterocycles. The van der Waals surface area contributed by atoms with Gasteiger partial charge in [-0.05, 0) is 63.6 Å². The van der Waals surface area contributed by atoms with Crippen LogP contribution in [0.3, 0.4) is 0 Å². The second-order valence-electron chi connectivity index (χ2n) is 17.5. The summed E-state index contributed by atoms with van der Waals surface area (Å²) in [4.78, 5) is 23.0. The van der Waals surface area contributed by atoms with E-state index in [1.807, 2.05) is 0 Å². The van der Waals surface area contributed by atoms with Crippen LogP contribution in [0.4, 0.5) is 11.4 Å². The second kappa shape index (κ2) is 27.6. The van der Waals surface area contributed by atoms with Crippen LogP contribution in [0.5, 0.6) is 23.0 Å². The van der Waals surface area contributed by atoms with E-state index >= 15 is 0 Å². The van der Waals surface area contributed by atoms with Crippen molar-refractivity contribution in [3.05, 3.63) is 55.6 Å². The van der Waals surface area contributed by atoms with Gasteiger partial charge in [-0.15, -0.1) is 0 Å². The van der Waals surface area contributed by atoms with Crippen LogP contribution in [0.1, 0.15) is 69.4 Å². The first-order valence-electron chi connectivity index (χ1n) is 23.8. The number of hydrogen-bond acceptors (Lipinski definition) is 22. The van der Waals surface area contributed by atoms with Crippen LogP contribution in [-0.4, -0.2) is 167 Å². The molecule has 2 aromatic carbocycles. The molecule has 394 valence electrons. The number of nitro benzene ring substituents is 2. The minimum absolute atomic E-state index is 0.0391. The second-order valence-corrected chi connectivity index (χ2v) is 17.5. The van der Waals surface area contributed by atoms with Crippen molar-refractivity contribution in [3.63, 3.8) is 0 Å². The third kappa shape index (κ3) is 14.7. The van der Waals surface area contributed by atoms with E-state index in [-0.39, 0.29) is 80.6 Å². The molecule has 12 unspecified atom stereocenters. The van der Waals surface area contributed by atoms with E-state index < -0.39 is 90.1 Å². The Morgan fingerprint density at radius 2 is 1.30 bits per heavy atom. The maximum atomic E-state index is 12.1. The van der Waals surface area contributed by atoms with E-state index in [0.717, 1.165) is 25.7 Å². The van der Waals surface area contributed by atoms with Crippen molar-refractivity contribution in [3.8, 4) is 23.0 Å². The zero-order valence-corrected chi connectivity index (χ0v) is 40.2. The highest BCUT2D eigenvalue weighted by atomic mass is 16.7. The zero-order chi connectivity index (χ0) is 50.2. The standard InChI is InChI=1S/C46H70N4O20/c1-27-36(23-51)68-46(41(42(27)52)48-13-9-17-62-34-21-30(49(54)55)28(19-32(34)58-2)24-66-38-11-5-7-15-64-38)70-44-37(69-45(60-4)40(47)43(44)53)26-61-14-10-18-63-35-22-31(50(56)57)29(20-33(35)59-3)25-67-39-12-6-8-16-65-39/h19-22,27,36-46,48,51-53H,5-18,23-26,47H2,1-4H3. The first-order valence-corrected chi connectivity index (χ1v) is 23.8. The molecular formula is C46H70N4O20. The predicted molar refractivity (Wildman–Crippen MR) is 244 cm³/mol. The molecule has 0 spiro atoms. The fraction of sp³-hybridized carbons (Fsp3) is 0.739. The van der Waals surface area contributed by atoms with Gasteiger partial charge in [-0.3, -0.25) is 20.2 Å². The van der Waals surface area contributed by atoms with Crippen molar-refractivity contribution >= 4 is 11.4 Å². The predicted octanol–water partition coefficient (Wildman–Crippen LogP) is 2.98. The molecule has 0 amide bonds. The number of nitrogens with two attached hydrogens (primary N) is 1. The summed E-state index contributed by atoms with van der Waals surface area (Å²) in [5.41, 5.74) is 6.59. The van der Waals surface area contributed by atoms with Crippen molar-refractivity contribution in [2.24, 2.45) is 11.7 Å². The van der Waals surface area contributed by atoms with Crippen LogP contribution in [0.15, 0.2) is 24.3 Å². The summed E-state index contributed by atoms with van der Waals surface area (Å²) in [5.74, 6) is 0.365. The highest BCUT2D eigenvalue weighted by molar-refractivity contribution is 5.55. The number of benzene rings is 2. The van der Waals surface area contributed by atoms with E-state index in [1.165, 1.54) is 45.6 Å². The molecule has 6 rings (SSSR count). The van der Waals surface area contributed by atoms with Crippen LogP contribution in [0.2, 0.25) is 0 Å². The van der Waals surface area contributed by atoms with Gasteiger partial charge in [-0.2, -0.15) is 0 Å². The third-order valence-corrected chi connectivity index (χ3v) is 12.7. The number of hydrogen-bond donors (Lipinski definition) is 5. The summed E-state index contributed by atoms with van der Waals surface area (Å²) in [5, 5.41) is 60.5. The van der Waals surface area contributed by atoms with Gasteiger partial charge in [0.25, 0.3) is 11.4 Å². The molecule has 24 nitrogen and oxygen atoms in total. The van der Waals surface area contributed by atoms with Crippen molar-refractivity contribution in [1.29, 1.82) is 0 Å². The van der Waals surface area contributed by atoms with Gasteiger partial charge in [0, 0.05) is 39.3 Å². The van der Waals surface area contributed by atoms with Crippen LogP contribution < -0.4 is 30.0 Å². The molecule has 12 atom stereocenters. The lowest BCUT2D eigenvalue weighted by molar-refractivity contribution is -0.386. The molecule has 70 heavy (non-hydrogen) atoms. The van der Waals surface area contributed by atoms with E-state index in [4.69, 9.17) is 67.3 Å². The molecule has 24 heteroatoms. The molecular weight excluding hydrogens is 929 g/mol. The number of methoxy groups -OCH3 is 3. The molecule has 0 aromatic heterocycles. The Bertz CT molecular complexity index is 1940. The summed E-state index contributed by atoms with van der Waals surface area (Å²) in [6.07, 6.45) is -2.68. The number of rotatable bonds is 27. The molecule has 4 aliphatic heterocycles. The lowest BCUT2D eigenvalue weighted by atomic mass is 9.89. The highest BCUT2D eigenvalue weighted by Crippen LogP contribution is 2.38. The number of ether oxygens (including phenoxy) is 13. The minimum Gasteiger partial charge on any atom is -0.493 e. The Kier molecular flexibility index (Phi) is 21.8. The molecule has 2 aromatic rings. The number of nitrogens with one attached hydrogen (secondary N) is 1. The first-order chi connectivity index (χ1) is 33.9. The zero-order valence-electron chi connectivity index (χ0n) is 40.2. The molecule has 0 bridgehead atoms.